The number of para-hydroxylation sites is 1. The number of rotatable bonds is 4. The maximum atomic E-state index is 12.8. The van der Waals surface area contributed by atoms with E-state index in [0.717, 1.165) is 27.8 Å². The van der Waals surface area contributed by atoms with Gasteiger partial charge in [0.1, 0.15) is 0 Å². The Labute approximate surface area is 175 Å². The van der Waals surface area contributed by atoms with Gasteiger partial charge in [-0.2, -0.15) is 0 Å². The van der Waals surface area contributed by atoms with Crippen LogP contribution < -0.4 is 10.6 Å². The third-order valence-electron chi connectivity index (χ3n) is 5.60. The van der Waals surface area contributed by atoms with Crippen LogP contribution >= 0.6 is 0 Å². The zero-order valence-electron chi connectivity index (χ0n) is 17.3. The van der Waals surface area contributed by atoms with E-state index >= 15 is 0 Å². The van der Waals surface area contributed by atoms with Crippen LogP contribution in [-0.2, 0) is 16.6 Å². The molecule has 3 heterocycles. The van der Waals surface area contributed by atoms with E-state index in [-0.39, 0.29) is 17.9 Å². The van der Waals surface area contributed by atoms with Crippen molar-refractivity contribution in [2.45, 2.75) is 19.4 Å². The number of aromatic nitrogens is 2. The van der Waals surface area contributed by atoms with E-state index < -0.39 is 0 Å². The van der Waals surface area contributed by atoms with Gasteiger partial charge in [0.05, 0.1) is 11.7 Å². The lowest BCUT2D eigenvalue weighted by molar-refractivity contribution is -0.126. The lowest BCUT2D eigenvalue weighted by atomic mass is 10.2. The molecule has 4 rings (SSSR count). The van der Waals surface area contributed by atoms with E-state index in [0.29, 0.717) is 18.8 Å². The van der Waals surface area contributed by atoms with Crippen LogP contribution in [0.3, 0.4) is 0 Å². The van der Waals surface area contributed by atoms with E-state index in [1.807, 2.05) is 32.2 Å². The van der Waals surface area contributed by atoms with Gasteiger partial charge >= 0.3 is 0 Å². The van der Waals surface area contributed by atoms with Gasteiger partial charge in [-0.1, -0.05) is 18.2 Å². The first-order chi connectivity index (χ1) is 14.4. The Bertz CT molecular complexity index is 1150. The molecule has 0 fully saturated rings. The van der Waals surface area contributed by atoms with Crippen LogP contribution in [0.1, 0.15) is 30.6 Å². The highest BCUT2D eigenvalue weighted by Crippen LogP contribution is 2.27. The normalized spacial score (nSPS) is 14.7. The molecule has 0 radical (unpaired) electrons. The standard InChI is InChI=1S/C23H25N5O2/c1-15(20-13-17-6-4-5-7-19(17)28(20)3)27(2)22(30)9-8-16-12-18-23(25-14-16)26-21(29)10-11-24-18/h4-9,12-15,24H,10-11H2,1-3H3,(H,25,26,29)/b9-8+/t15-/m1/s1. The molecule has 2 amide bonds. The number of benzene rings is 1. The smallest absolute Gasteiger partial charge is 0.246 e. The average Bonchev–Trinajstić information content (AvgIpc) is 2.96. The topological polar surface area (TPSA) is 79.3 Å². The average molecular weight is 403 g/mol. The van der Waals surface area contributed by atoms with Gasteiger partial charge in [-0.05, 0) is 42.1 Å². The summed E-state index contributed by atoms with van der Waals surface area (Å²) in [6, 6.07) is 12.1. The van der Waals surface area contributed by atoms with E-state index in [4.69, 9.17) is 0 Å². The summed E-state index contributed by atoms with van der Waals surface area (Å²) >= 11 is 0. The maximum Gasteiger partial charge on any atom is 0.246 e. The predicted octanol–water partition coefficient (Wildman–Crippen LogP) is 3.56. The summed E-state index contributed by atoms with van der Waals surface area (Å²) in [7, 11) is 3.83. The van der Waals surface area contributed by atoms with Crippen molar-refractivity contribution in [3.63, 3.8) is 0 Å². The van der Waals surface area contributed by atoms with Gasteiger partial charge in [-0.15, -0.1) is 0 Å². The fourth-order valence-electron chi connectivity index (χ4n) is 3.70. The minimum Gasteiger partial charge on any atom is -0.382 e. The predicted molar refractivity (Wildman–Crippen MR) is 119 cm³/mol. The molecule has 0 unspecified atom stereocenters. The van der Waals surface area contributed by atoms with Crippen LogP contribution in [0.2, 0.25) is 0 Å². The summed E-state index contributed by atoms with van der Waals surface area (Å²) in [5, 5.41) is 7.12. The second-order valence-corrected chi connectivity index (χ2v) is 7.54. The van der Waals surface area contributed by atoms with Crippen LogP contribution in [0.15, 0.2) is 48.7 Å². The third-order valence-corrected chi connectivity index (χ3v) is 5.60. The molecule has 3 aromatic rings. The molecule has 154 valence electrons. The third kappa shape index (κ3) is 3.78. The number of nitrogens with zero attached hydrogens (tertiary/aromatic N) is 3. The highest BCUT2D eigenvalue weighted by molar-refractivity contribution is 5.95. The maximum absolute atomic E-state index is 12.8. The van der Waals surface area contributed by atoms with Crippen LogP contribution in [0.25, 0.3) is 17.0 Å². The van der Waals surface area contributed by atoms with E-state index in [9.17, 15) is 9.59 Å². The number of amides is 2. The van der Waals surface area contributed by atoms with Gasteiger partial charge in [-0.3, -0.25) is 9.59 Å². The van der Waals surface area contributed by atoms with Crippen molar-refractivity contribution in [2.24, 2.45) is 7.05 Å². The molecule has 0 saturated heterocycles. The summed E-state index contributed by atoms with van der Waals surface area (Å²) in [5.41, 5.74) is 3.77. The monoisotopic (exact) mass is 403 g/mol. The Morgan fingerprint density at radius 3 is 2.90 bits per heavy atom. The molecule has 1 aliphatic rings. The minimum absolute atomic E-state index is 0.0591. The number of nitrogens with one attached hydrogen (secondary N) is 2. The van der Waals surface area contributed by atoms with E-state index in [1.165, 1.54) is 0 Å². The Kier molecular flexibility index (Phi) is 5.27. The largest absolute Gasteiger partial charge is 0.382 e. The van der Waals surface area contributed by atoms with E-state index in [2.05, 4.69) is 38.4 Å². The van der Waals surface area contributed by atoms with Crippen molar-refractivity contribution >= 4 is 40.3 Å². The second kappa shape index (κ2) is 8.02. The van der Waals surface area contributed by atoms with Crippen LogP contribution in [0.4, 0.5) is 11.5 Å². The SMILES string of the molecule is C[C@H](c1cc2ccccc2n1C)N(C)C(=O)/C=C/c1cnc2c(c1)NCCC(=O)N2. The zero-order chi connectivity index (χ0) is 21.3. The summed E-state index contributed by atoms with van der Waals surface area (Å²) in [6.45, 7) is 2.58. The number of carbonyl (C=O) groups excluding carboxylic acids is 2. The summed E-state index contributed by atoms with van der Waals surface area (Å²) in [5.74, 6) is 0.364. The first-order valence-electron chi connectivity index (χ1n) is 9.97. The Balaban J connectivity index is 1.50. The number of anilines is 2. The number of fused-ring (bicyclic) bond motifs is 2. The fourth-order valence-corrected chi connectivity index (χ4v) is 3.70. The van der Waals surface area contributed by atoms with Gasteiger partial charge in [0.15, 0.2) is 5.82 Å². The Morgan fingerprint density at radius 1 is 1.30 bits per heavy atom. The molecule has 0 aliphatic carbocycles. The van der Waals surface area contributed by atoms with Crippen molar-refractivity contribution in [2.75, 3.05) is 24.2 Å². The van der Waals surface area contributed by atoms with Crippen molar-refractivity contribution in [1.82, 2.24) is 14.5 Å². The van der Waals surface area contributed by atoms with Gasteiger partial charge in [0, 0.05) is 50.5 Å². The number of hydrogen-bond acceptors (Lipinski definition) is 4. The lowest BCUT2D eigenvalue weighted by Gasteiger charge is -2.24. The van der Waals surface area contributed by atoms with Crippen molar-refractivity contribution in [3.05, 3.63) is 59.9 Å². The molecule has 0 spiro atoms. The Morgan fingerprint density at radius 2 is 2.10 bits per heavy atom. The van der Waals surface area contributed by atoms with E-state index in [1.54, 1.807) is 30.3 Å². The van der Waals surface area contributed by atoms with Gasteiger partial charge in [0.25, 0.3) is 0 Å². The number of carbonyl (C=O) groups is 2. The second-order valence-electron chi connectivity index (χ2n) is 7.54. The summed E-state index contributed by atoms with van der Waals surface area (Å²) in [6.07, 6.45) is 5.34. The molecule has 2 aromatic heterocycles. The lowest BCUT2D eigenvalue weighted by Crippen LogP contribution is -2.29. The Hall–Kier alpha value is -3.61. The molecule has 30 heavy (non-hydrogen) atoms. The van der Waals surface area contributed by atoms with Crippen molar-refractivity contribution in [1.29, 1.82) is 0 Å². The molecule has 2 N–H and O–H groups in total. The molecular formula is C23H25N5O2. The summed E-state index contributed by atoms with van der Waals surface area (Å²) in [4.78, 5) is 30.4. The molecule has 1 aliphatic heterocycles. The molecule has 1 aromatic carbocycles. The van der Waals surface area contributed by atoms with Crippen molar-refractivity contribution in [3.8, 4) is 0 Å². The van der Waals surface area contributed by atoms with Crippen molar-refractivity contribution < 1.29 is 9.59 Å². The number of pyridine rings is 1. The highest BCUT2D eigenvalue weighted by Gasteiger charge is 2.19. The highest BCUT2D eigenvalue weighted by atomic mass is 16.2. The van der Waals surface area contributed by atoms with Crippen LogP contribution in [-0.4, -0.2) is 39.9 Å². The number of likely N-dealkylation sites (N-methyl/N-ethyl adjacent to an activating group) is 1. The van der Waals surface area contributed by atoms with Gasteiger partial charge < -0.3 is 20.1 Å². The van der Waals surface area contributed by atoms with Crippen LogP contribution in [0.5, 0.6) is 0 Å². The van der Waals surface area contributed by atoms with Gasteiger partial charge in [-0.25, -0.2) is 4.98 Å². The first-order valence-corrected chi connectivity index (χ1v) is 9.97. The fraction of sp³-hybridized carbons (Fsp3) is 0.261. The number of hydrogen-bond donors (Lipinski definition) is 2. The van der Waals surface area contributed by atoms with Crippen LogP contribution in [0, 0.1) is 0 Å². The van der Waals surface area contributed by atoms with Gasteiger partial charge in [0.2, 0.25) is 11.8 Å². The molecule has 7 heteroatoms. The molecule has 1 atom stereocenters. The summed E-state index contributed by atoms with van der Waals surface area (Å²) < 4.78 is 2.13. The molecule has 7 nitrogen and oxygen atoms in total. The molecule has 0 saturated carbocycles. The molecular weight excluding hydrogens is 378 g/mol. The zero-order valence-corrected chi connectivity index (χ0v) is 17.3. The first kappa shape index (κ1) is 19.7. The molecule has 0 bridgehead atoms. The minimum atomic E-state index is -0.0936. The number of aryl methyl sites for hydroxylation is 1. The quantitative estimate of drug-likeness (QED) is 0.653.